The highest BCUT2D eigenvalue weighted by Crippen LogP contribution is 2.15. The van der Waals surface area contributed by atoms with Crippen molar-refractivity contribution >= 4 is 11.8 Å². The van der Waals surface area contributed by atoms with Crippen LogP contribution in [0.5, 0.6) is 0 Å². The summed E-state index contributed by atoms with van der Waals surface area (Å²) in [6.45, 7) is 6.67. The first kappa shape index (κ1) is 20.6. The van der Waals surface area contributed by atoms with E-state index >= 15 is 0 Å². The SMILES string of the molecule is Cc1cccc(C(=O)NC(C)C(=O)NCCCOC(C)c2ccccc2)c1. The van der Waals surface area contributed by atoms with Gasteiger partial charge in [0.1, 0.15) is 6.04 Å². The van der Waals surface area contributed by atoms with Gasteiger partial charge in [0.25, 0.3) is 5.91 Å². The minimum absolute atomic E-state index is 0.0226. The second-order valence-corrected chi connectivity index (χ2v) is 6.63. The number of hydrogen-bond donors (Lipinski definition) is 2. The molecule has 0 heterocycles. The van der Waals surface area contributed by atoms with Crippen LogP contribution in [-0.4, -0.2) is 31.0 Å². The zero-order valence-electron chi connectivity index (χ0n) is 16.2. The molecule has 0 spiro atoms. The van der Waals surface area contributed by atoms with Crippen LogP contribution >= 0.6 is 0 Å². The molecule has 27 heavy (non-hydrogen) atoms. The van der Waals surface area contributed by atoms with Crippen molar-refractivity contribution in [1.29, 1.82) is 0 Å². The topological polar surface area (TPSA) is 67.4 Å². The third kappa shape index (κ3) is 6.87. The van der Waals surface area contributed by atoms with Crippen molar-refractivity contribution in [3.05, 3.63) is 71.3 Å². The van der Waals surface area contributed by atoms with E-state index in [1.54, 1.807) is 19.1 Å². The third-order valence-corrected chi connectivity index (χ3v) is 4.28. The second kappa shape index (κ2) is 10.5. The maximum absolute atomic E-state index is 12.2. The summed E-state index contributed by atoms with van der Waals surface area (Å²) in [4.78, 5) is 24.3. The number of carbonyl (C=O) groups is 2. The number of benzene rings is 2. The van der Waals surface area contributed by atoms with Crippen LogP contribution < -0.4 is 10.6 Å². The molecule has 2 atom stereocenters. The zero-order chi connectivity index (χ0) is 19.6. The van der Waals surface area contributed by atoms with Gasteiger partial charge in [-0.1, -0.05) is 48.0 Å². The lowest BCUT2D eigenvalue weighted by atomic mass is 10.1. The molecule has 2 aromatic carbocycles. The van der Waals surface area contributed by atoms with Crippen LogP contribution in [0.25, 0.3) is 0 Å². The summed E-state index contributed by atoms with van der Waals surface area (Å²) in [7, 11) is 0. The normalized spacial score (nSPS) is 12.9. The van der Waals surface area contributed by atoms with Gasteiger partial charge in [-0.15, -0.1) is 0 Å². The summed E-state index contributed by atoms with van der Waals surface area (Å²) in [5.74, 6) is -0.450. The van der Waals surface area contributed by atoms with Gasteiger partial charge < -0.3 is 15.4 Å². The quantitative estimate of drug-likeness (QED) is 0.667. The van der Waals surface area contributed by atoms with E-state index in [0.717, 1.165) is 11.1 Å². The Labute approximate surface area is 161 Å². The van der Waals surface area contributed by atoms with E-state index in [0.29, 0.717) is 25.1 Å². The Balaban J connectivity index is 1.65. The second-order valence-electron chi connectivity index (χ2n) is 6.63. The fourth-order valence-electron chi connectivity index (χ4n) is 2.65. The predicted octanol–water partition coefficient (Wildman–Crippen LogP) is 3.40. The minimum atomic E-state index is -0.595. The summed E-state index contributed by atoms with van der Waals surface area (Å²) in [6, 6.07) is 16.7. The average molecular weight is 368 g/mol. The van der Waals surface area contributed by atoms with Crippen LogP contribution in [0.15, 0.2) is 54.6 Å². The fourth-order valence-corrected chi connectivity index (χ4v) is 2.65. The first-order chi connectivity index (χ1) is 13.0. The summed E-state index contributed by atoms with van der Waals surface area (Å²) < 4.78 is 5.78. The Morgan fingerprint density at radius 3 is 2.48 bits per heavy atom. The lowest BCUT2D eigenvalue weighted by Crippen LogP contribution is -2.45. The molecule has 2 rings (SSSR count). The molecular weight excluding hydrogens is 340 g/mol. The molecule has 5 heteroatoms. The van der Waals surface area contributed by atoms with E-state index in [9.17, 15) is 9.59 Å². The number of hydrogen-bond acceptors (Lipinski definition) is 3. The van der Waals surface area contributed by atoms with Crippen molar-refractivity contribution in [2.45, 2.75) is 39.3 Å². The van der Waals surface area contributed by atoms with Crippen LogP contribution in [0.1, 0.15) is 47.9 Å². The standard InChI is InChI=1S/C22H28N2O3/c1-16-9-7-12-20(15-16)22(26)24-17(2)21(25)23-13-8-14-27-18(3)19-10-5-4-6-11-19/h4-7,9-12,15,17-18H,8,13-14H2,1-3H3,(H,23,25)(H,24,26). The number of ether oxygens (including phenoxy) is 1. The maximum atomic E-state index is 12.2. The average Bonchev–Trinajstić information content (AvgIpc) is 2.68. The van der Waals surface area contributed by atoms with Crippen LogP contribution in [0, 0.1) is 6.92 Å². The Bertz CT molecular complexity index is 746. The van der Waals surface area contributed by atoms with Crippen LogP contribution in [0.4, 0.5) is 0 Å². The van der Waals surface area contributed by atoms with Crippen molar-refractivity contribution in [2.24, 2.45) is 0 Å². The highest BCUT2D eigenvalue weighted by Gasteiger charge is 2.16. The Hall–Kier alpha value is -2.66. The zero-order valence-corrected chi connectivity index (χ0v) is 16.2. The molecular formula is C22H28N2O3. The molecule has 2 N–H and O–H groups in total. The van der Waals surface area contributed by atoms with Gasteiger partial charge in [0.2, 0.25) is 5.91 Å². The molecule has 2 unspecified atom stereocenters. The smallest absolute Gasteiger partial charge is 0.251 e. The van der Waals surface area contributed by atoms with Gasteiger partial charge in [-0.3, -0.25) is 9.59 Å². The lowest BCUT2D eigenvalue weighted by molar-refractivity contribution is -0.122. The predicted molar refractivity (Wildman–Crippen MR) is 107 cm³/mol. The molecule has 0 aliphatic rings. The van der Waals surface area contributed by atoms with Crippen LogP contribution in [0.3, 0.4) is 0 Å². The molecule has 2 aromatic rings. The number of amides is 2. The Kier molecular flexibility index (Phi) is 8.01. The van der Waals surface area contributed by atoms with Crippen molar-refractivity contribution in [3.63, 3.8) is 0 Å². The van der Waals surface area contributed by atoms with Gasteiger partial charge in [-0.2, -0.15) is 0 Å². The van der Waals surface area contributed by atoms with E-state index in [4.69, 9.17) is 4.74 Å². The summed E-state index contributed by atoms with van der Waals surface area (Å²) in [5.41, 5.74) is 2.69. The molecule has 144 valence electrons. The molecule has 0 aromatic heterocycles. The van der Waals surface area contributed by atoms with E-state index in [1.807, 2.05) is 56.3 Å². The van der Waals surface area contributed by atoms with Crippen LogP contribution in [-0.2, 0) is 9.53 Å². The molecule has 0 fully saturated rings. The highest BCUT2D eigenvalue weighted by atomic mass is 16.5. The number of nitrogens with one attached hydrogen (secondary N) is 2. The van der Waals surface area contributed by atoms with Gasteiger partial charge in [0.05, 0.1) is 6.10 Å². The summed E-state index contributed by atoms with van der Waals surface area (Å²) in [5, 5.41) is 5.55. The van der Waals surface area contributed by atoms with E-state index in [1.165, 1.54) is 0 Å². The first-order valence-corrected chi connectivity index (χ1v) is 9.29. The van der Waals surface area contributed by atoms with Gasteiger partial charge >= 0.3 is 0 Å². The minimum Gasteiger partial charge on any atom is -0.374 e. The lowest BCUT2D eigenvalue weighted by Gasteiger charge is -2.16. The summed E-state index contributed by atoms with van der Waals surface area (Å²) >= 11 is 0. The summed E-state index contributed by atoms with van der Waals surface area (Å²) in [6.07, 6.45) is 0.732. The number of carbonyl (C=O) groups excluding carboxylic acids is 2. The molecule has 5 nitrogen and oxygen atoms in total. The monoisotopic (exact) mass is 368 g/mol. The largest absolute Gasteiger partial charge is 0.374 e. The molecule has 0 bridgehead atoms. The van der Waals surface area contributed by atoms with Crippen molar-refractivity contribution in [3.8, 4) is 0 Å². The van der Waals surface area contributed by atoms with Crippen molar-refractivity contribution in [2.75, 3.05) is 13.2 Å². The van der Waals surface area contributed by atoms with Crippen molar-refractivity contribution < 1.29 is 14.3 Å². The van der Waals surface area contributed by atoms with Gasteiger partial charge in [-0.05, 0) is 44.9 Å². The molecule has 0 saturated heterocycles. The molecule has 2 amide bonds. The molecule has 0 radical (unpaired) electrons. The first-order valence-electron chi connectivity index (χ1n) is 9.29. The Morgan fingerprint density at radius 2 is 1.78 bits per heavy atom. The van der Waals surface area contributed by atoms with Crippen LogP contribution in [0.2, 0.25) is 0 Å². The number of rotatable bonds is 9. The van der Waals surface area contributed by atoms with Gasteiger partial charge in [0.15, 0.2) is 0 Å². The third-order valence-electron chi connectivity index (χ3n) is 4.28. The molecule has 0 aliphatic heterocycles. The molecule has 0 saturated carbocycles. The van der Waals surface area contributed by atoms with E-state index < -0.39 is 6.04 Å². The highest BCUT2D eigenvalue weighted by molar-refractivity contribution is 5.97. The molecule has 0 aliphatic carbocycles. The van der Waals surface area contributed by atoms with E-state index in [-0.39, 0.29) is 17.9 Å². The van der Waals surface area contributed by atoms with Crippen molar-refractivity contribution in [1.82, 2.24) is 10.6 Å². The van der Waals surface area contributed by atoms with E-state index in [2.05, 4.69) is 10.6 Å². The fraction of sp³-hybridized carbons (Fsp3) is 0.364. The number of aryl methyl sites for hydroxylation is 1. The van der Waals surface area contributed by atoms with Gasteiger partial charge in [-0.25, -0.2) is 0 Å². The van der Waals surface area contributed by atoms with Gasteiger partial charge in [0, 0.05) is 18.7 Å². The maximum Gasteiger partial charge on any atom is 0.251 e. The Morgan fingerprint density at radius 1 is 1.04 bits per heavy atom.